The van der Waals surface area contributed by atoms with E-state index >= 15 is 0 Å². The lowest BCUT2D eigenvalue weighted by atomic mass is 10.1. The molecule has 0 heterocycles. The summed E-state index contributed by atoms with van der Waals surface area (Å²) in [5, 5.41) is 14.6. The average Bonchev–Trinajstić information content (AvgIpc) is 2.50. The first-order chi connectivity index (χ1) is 10.7. The second kappa shape index (κ2) is 7.79. The predicted molar refractivity (Wildman–Crippen MR) is 77.5 cm³/mol. The van der Waals surface area contributed by atoms with E-state index in [1.165, 1.54) is 12.1 Å². The molecule has 1 aromatic carbocycles. The number of nitrogens with zero attached hydrogens (tertiary/aromatic N) is 1. The molecular formula is C12H13ClF2N4O4. The summed E-state index contributed by atoms with van der Waals surface area (Å²) in [6, 6.07) is 3.63. The maximum Gasteiger partial charge on any atom is 0.283 e. The molecule has 126 valence electrons. The van der Waals surface area contributed by atoms with Gasteiger partial charge in [-0.15, -0.1) is 0 Å². The number of nitro benzene ring substituents is 1. The monoisotopic (exact) mass is 350 g/mol. The largest absolute Gasteiger partial charge is 0.348 e. The number of hydrogen-bond acceptors (Lipinski definition) is 5. The van der Waals surface area contributed by atoms with Gasteiger partial charge in [-0.3, -0.25) is 19.7 Å². The average molecular weight is 351 g/mol. The summed E-state index contributed by atoms with van der Waals surface area (Å²) in [6.07, 6.45) is 0. The van der Waals surface area contributed by atoms with E-state index in [-0.39, 0.29) is 5.02 Å². The van der Waals surface area contributed by atoms with Crippen LogP contribution in [0, 0.1) is 10.1 Å². The Kier molecular flexibility index (Phi) is 6.34. The molecule has 0 aliphatic heterocycles. The Morgan fingerprint density at radius 1 is 1.35 bits per heavy atom. The lowest BCUT2D eigenvalue weighted by molar-refractivity contribution is -0.385. The Bertz CT molecular complexity index is 627. The van der Waals surface area contributed by atoms with Gasteiger partial charge >= 0.3 is 0 Å². The normalized spacial score (nSPS) is 11.0. The first-order valence-corrected chi connectivity index (χ1v) is 6.61. The van der Waals surface area contributed by atoms with Crippen molar-refractivity contribution >= 4 is 29.1 Å². The predicted octanol–water partition coefficient (Wildman–Crippen LogP) is 0.688. The van der Waals surface area contributed by atoms with Crippen LogP contribution in [0.4, 0.5) is 14.5 Å². The van der Waals surface area contributed by atoms with Crippen LogP contribution in [0.5, 0.6) is 0 Å². The lowest BCUT2D eigenvalue weighted by Crippen LogP contribution is -2.45. The van der Waals surface area contributed by atoms with E-state index in [1.54, 1.807) is 0 Å². The van der Waals surface area contributed by atoms with E-state index in [4.69, 9.17) is 17.3 Å². The molecule has 0 unspecified atom stereocenters. The molecule has 0 saturated heterocycles. The van der Waals surface area contributed by atoms with E-state index in [0.717, 1.165) is 6.07 Å². The molecule has 0 aliphatic carbocycles. The molecule has 0 saturated carbocycles. The molecule has 0 aromatic heterocycles. The van der Waals surface area contributed by atoms with Crippen molar-refractivity contribution in [2.24, 2.45) is 5.73 Å². The van der Waals surface area contributed by atoms with E-state index in [2.05, 4.69) is 5.32 Å². The zero-order chi connectivity index (χ0) is 17.6. The number of halogens is 3. The summed E-state index contributed by atoms with van der Waals surface area (Å²) in [5.74, 6) is -5.13. The van der Waals surface area contributed by atoms with Crippen LogP contribution in [0.2, 0.25) is 5.02 Å². The van der Waals surface area contributed by atoms with Gasteiger partial charge in [0.15, 0.2) is 0 Å². The third kappa shape index (κ3) is 5.42. The van der Waals surface area contributed by atoms with E-state index in [1.807, 2.05) is 5.32 Å². The van der Waals surface area contributed by atoms with Gasteiger partial charge in [-0.05, 0) is 6.07 Å². The van der Waals surface area contributed by atoms with Crippen LogP contribution in [0.3, 0.4) is 0 Å². The van der Waals surface area contributed by atoms with Crippen LogP contribution in [0.1, 0.15) is 10.4 Å². The summed E-state index contributed by atoms with van der Waals surface area (Å²) in [5.41, 5.74) is 3.85. The smallest absolute Gasteiger partial charge is 0.283 e. The number of alkyl halides is 2. The SMILES string of the molecule is NCC(F)(F)CNC(=O)CNC(=O)c1c(Cl)cccc1[N+](=O)[O-]. The number of rotatable bonds is 7. The summed E-state index contributed by atoms with van der Waals surface area (Å²) in [6.45, 7) is -2.57. The van der Waals surface area contributed by atoms with Crippen LogP contribution >= 0.6 is 11.6 Å². The van der Waals surface area contributed by atoms with Crippen molar-refractivity contribution in [2.75, 3.05) is 19.6 Å². The molecule has 0 bridgehead atoms. The van der Waals surface area contributed by atoms with Gasteiger partial charge < -0.3 is 16.4 Å². The van der Waals surface area contributed by atoms with Gasteiger partial charge in [0, 0.05) is 6.07 Å². The molecule has 0 fully saturated rings. The second-order valence-electron chi connectivity index (χ2n) is 4.41. The van der Waals surface area contributed by atoms with Crippen molar-refractivity contribution in [3.8, 4) is 0 Å². The Morgan fingerprint density at radius 3 is 2.57 bits per heavy atom. The number of benzene rings is 1. The maximum atomic E-state index is 12.9. The van der Waals surface area contributed by atoms with Crippen molar-refractivity contribution in [2.45, 2.75) is 5.92 Å². The van der Waals surface area contributed by atoms with Gasteiger partial charge in [-0.2, -0.15) is 0 Å². The van der Waals surface area contributed by atoms with Gasteiger partial charge in [0.2, 0.25) is 5.91 Å². The minimum atomic E-state index is -3.26. The molecule has 8 nitrogen and oxygen atoms in total. The second-order valence-corrected chi connectivity index (χ2v) is 4.82. The summed E-state index contributed by atoms with van der Waals surface area (Å²) < 4.78 is 25.7. The van der Waals surface area contributed by atoms with Gasteiger partial charge in [-0.25, -0.2) is 8.78 Å². The molecule has 0 spiro atoms. The Hall–Kier alpha value is -2.33. The van der Waals surface area contributed by atoms with Crippen molar-refractivity contribution in [3.05, 3.63) is 38.9 Å². The van der Waals surface area contributed by atoms with Crippen LogP contribution in [0.25, 0.3) is 0 Å². The van der Waals surface area contributed by atoms with E-state index in [0.29, 0.717) is 0 Å². The van der Waals surface area contributed by atoms with Crippen molar-refractivity contribution < 1.29 is 23.3 Å². The van der Waals surface area contributed by atoms with Crippen LogP contribution in [-0.4, -0.2) is 42.3 Å². The topological polar surface area (TPSA) is 127 Å². The first-order valence-electron chi connectivity index (χ1n) is 6.23. The molecule has 0 radical (unpaired) electrons. The molecule has 1 aromatic rings. The zero-order valence-corrected chi connectivity index (χ0v) is 12.4. The summed E-state index contributed by atoms with van der Waals surface area (Å²) in [7, 11) is 0. The highest BCUT2D eigenvalue weighted by Crippen LogP contribution is 2.25. The molecular weight excluding hydrogens is 338 g/mol. The molecule has 23 heavy (non-hydrogen) atoms. The fraction of sp³-hybridized carbons (Fsp3) is 0.333. The standard InChI is InChI=1S/C12H13ClF2N4O4/c13-7-2-1-3-8(19(22)23)10(7)11(21)17-4-9(20)18-6-12(14,15)5-16/h1-3H,4-6,16H2,(H,17,21)(H,18,20). The first kappa shape index (κ1) is 18.7. The number of carbonyl (C=O) groups excluding carboxylic acids is 2. The number of nitro groups is 1. The highest BCUT2D eigenvalue weighted by atomic mass is 35.5. The molecule has 1 rings (SSSR count). The highest BCUT2D eigenvalue weighted by molar-refractivity contribution is 6.34. The number of nitrogens with one attached hydrogen (secondary N) is 2. The van der Waals surface area contributed by atoms with Crippen LogP contribution in [-0.2, 0) is 4.79 Å². The van der Waals surface area contributed by atoms with Crippen LogP contribution in [0.15, 0.2) is 18.2 Å². The third-order valence-electron chi connectivity index (χ3n) is 2.67. The Balaban J connectivity index is 2.68. The van der Waals surface area contributed by atoms with Gasteiger partial charge in [0.05, 0.1) is 29.6 Å². The fourth-order valence-electron chi connectivity index (χ4n) is 1.50. The van der Waals surface area contributed by atoms with E-state index in [9.17, 15) is 28.5 Å². The molecule has 4 N–H and O–H groups in total. The quantitative estimate of drug-likeness (QED) is 0.492. The zero-order valence-electron chi connectivity index (χ0n) is 11.6. The minimum Gasteiger partial charge on any atom is -0.348 e. The third-order valence-corrected chi connectivity index (χ3v) is 2.98. The van der Waals surface area contributed by atoms with Gasteiger partial charge in [0.25, 0.3) is 17.5 Å². The lowest BCUT2D eigenvalue weighted by Gasteiger charge is -2.14. The van der Waals surface area contributed by atoms with E-state index < -0.39 is 53.5 Å². The van der Waals surface area contributed by atoms with Gasteiger partial charge in [-0.1, -0.05) is 17.7 Å². The fourth-order valence-corrected chi connectivity index (χ4v) is 1.76. The number of amides is 2. The minimum absolute atomic E-state index is 0.174. The molecule has 0 atom stereocenters. The van der Waals surface area contributed by atoms with Gasteiger partial charge in [0.1, 0.15) is 5.56 Å². The number of nitrogens with two attached hydrogens (primary N) is 1. The van der Waals surface area contributed by atoms with Crippen molar-refractivity contribution in [1.82, 2.24) is 10.6 Å². The summed E-state index contributed by atoms with van der Waals surface area (Å²) >= 11 is 5.74. The Morgan fingerprint density at radius 2 is 2.00 bits per heavy atom. The number of carbonyl (C=O) groups is 2. The molecule has 11 heteroatoms. The number of hydrogen-bond donors (Lipinski definition) is 3. The molecule has 0 aliphatic rings. The van der Waals surface area contributed by atoms with Crippen molar-refractivity contribution in [1.29, 1.82) is 0 Å². The summed E-state index contributed by atoms with van der Waals surface area (Å²) in [4.78, 5) is 33.3. The molecule has 2 amide bonds. The highest BCUT2D eigenvalue weighted by Gasteiger charge is 2.27. The van der Waals surface area contributed by atoms with Crippen LogP contribution < -0.4 is 16.4 Å². The van der Waals surface area contributed by atoms with Crippen molar-refractivity contribution in [3.63, 3.8) is 0 Å². The Labute approximate surface area is 134 Å². The maximum absolute atomic E-state index is 12.9.